The summed E-state index contributed by atoms with van der Waals surface area (Å²) in [6.07, 6.45) is 3.29. The van der Waals surface area contributed by atoms with E-state index in [2.05, 4.69) is 26.2 Å². The number of carbonyl (C=O) groups excluding carboxylic acids is 2. The molecule has 3 N–H and O–H groups in total. The first-order valence-corrected chi connectivity index (χ1v) is 10.3. The summed E-state index contributed by atoms with van der Waals surface area (Å²) in [5.41, 5.74) is 5.81. The van der Waals surface area contributed by atoms with Gasteiger partial charge in [0.25, 0.3) is 5.91 Å². The van der Waals surface area contributed by atoms with E-state index in [1.165, 1.54) is 11.8 Å². The van der Waals surface area contributed by atoms with Crippen LogP contribution in [0.3, 0.4) is 0 Å². The molecule has 8 heteroatoms. The summed E-state index contributed by atoms with van der Waals surface area (Å²) < 4.78 is 1.01. The quantitative estimate of drug-likeness (QED) is 0.708. The number of amides is 2. The number of hydrogen-bond donors (Lipinski definition) is 2. The molecular formula is C19H21BrN4O2S. The first kappa shape index (κ1) is 19.9. The molecule has 0 spiro atoms. The number of benzene rings is 1. The van der Waals surface area contributed by atoms with Crippen molar-refractivity contribution in [3.8, 4) is 0 Å². The Bertz CT molecular complexity index is 808. The van der Waals surface area contributed by atoms with E-state index >= 15 is 0 Å². The first-order valence-electron chi connectivity index (χ1n) is 8.71. The van der Waals surface area contributed by atoms with Crippen molar-refractivity contribution in [1.82, 2.24) is 15.2 Å². The molecular weight excluding hydrogens is 428 g/mol. The van der Waals surface area contributed by atoms with Crippen molar-refractivity contribution < 1.29 is 9.59 Å². The van der Waals surface area contributed by atoms with E-state index in [1.54, 1.807) is 18.3 Å². The minimum absolute atomic E-state index is 0.0902. The molecule has 1 aliphatic heterocycles. The molecule has 2 aromatic rings. The molecule has 6 nitrogen and oxygen atoms in total. The van der Waals surface area contributed by atoms with Crippen LogP contribution in [0.25, 0.3) is 0 Å². The lowest BCUT2D eigenvalue weighted by molar-refractivity contribution is -0.119. The molecule has 2 heterocycles. The van der Waals surface area contributed by atoms with Crippen LogP contribution in [0, 0.1) is 0 Å². The normalized spacial score (nSPS) is 15.4. The average molecular weight is 449 g/mol. The van der Waals surface area contributed by atoms with E-state index in [0.717, 1.165) is 35.3 Å². The highest BCUT2D eigenvalue weighted by atomic mass is 79.9. The molecule has 0 unspecified atom stereocenters. The Kier molecular flexibility index (Phi) is 6.87. The van der Waals surface area contributed by atoms with Crippen LogP contribution in [0.1, 0.15) is 23.2 Å². The van der Waals surface area contributed by atoms with Crippen LogP contribution in [0.5, 0.6) is 0 Å². The lowest BCUT2D eigenvalue weighted by atomic mass is 10.0. The largest absolute Gasteiger partial charge is 0.369 e. The van der Waals surface area contributed by atoms with Crippen molar-refractivity contribution in [1.29, 1.82) is 0 Å². The number of halogens is 1. The van der Waals surface area contributed by atoms with E-state index in [0.29, 0.717) is 10.6 Å². The van der Waals surface area contributed by atoms with Gasteiger partial charge < -0.3 is 11.1 Å². The van der Waals surface area contributed by atoms with Gasteiger partial charge in [-0.3, -0.25) is 14.5 Å². The summed E-state index contributed by atoms with van der Waals surface area (Å²) in [4.78, 5) is 31.2. The van der Waals surface area contributed by atoms with Crippen molar-refractivity contribution in [3.63, 3.8) is 0 Å². The minimum atomic E-state index is -0.317. The van der Waals surface area contributed by atoms with Crippen LogP contribution >= 0.6 is 27.7 Å². The van der Waals surface area contributed by atoms with Crippen molar-refractivity contribution in [2.75, 3.05) is 19.6 Å². The Hall–Kier alpha value is -1.90. The summed E-state index contributed by atoms with van der Waals surface area (Å²) in [5, 5.41) is 3.79. The van der Waals surface area contributed by atoms with Gasteiger partial charge in [-0.05, 0) is 49.2 Å². The number of hydrogen-bond acceptors (Lipinski definition) is 5. The van der Waals surface area contributed by atoms with Gasteiger partial charge in [0.05, 0.1) is 12.1 Å². The summed E-state index contributed by atoms with van der Waals surface area (Å²) in [7, 11) is 0. The van der Waals surface area contributed by atoms with Crippen molar-refractivity contribution >= 4 is 39.5 Å². The molecule has 0 bridgehead atoms. The zero-order valence-electron chi connectivity index (χ0n) is 14.7. The highest BCUT2D eigenvalue weighted by Gasteiger charge is 2.23. The number of nitrogens with two attached hydrogens (primary N) is 1. The highest BCUT2D eigenvalue weighted by Crippen LogP contribution is 2.29. The van der Waals surface area contributed by atoms with E-state index in [-0.39, 0.29) is 24.4 Å². The van der Waals surface area contributed by atoms with Crippen molar-refractivity contribution in [2.45, 2.75) is 28.8 Å². The maximum atomic E-state index is 12.8. The van der Waals surface area contributed by atoms with Crippen LogP contribution in [0.15, 0.2) is 57.0 Å². The molecule has 2 amide bonds. The second kappa shape index (κ2) is 9.34. The van der Waals surface area contributed by atoms with Crippen LogP contribution in [0.4, 0.5) is 0 Å². The molecule has 27 heavy (non-hydrogen) atoms. The molecule has 142 valence electrons. The molecule has 0 saturated carbocycles. The van der Waals surface area contributed by atoms with Crippen LogP contribution in [0.2, 0.25) is 0 Å². The van der Waals surface area contributed by atoms with Crippen LogP contribution in [-0.2, 0) is 4.79 Å². The Balaban J connectivity index is 1.62. The SMILES string of the molecule is NC(=O)CN1CCC(NC(=O)c2cccnc2Sc2ccc(Br)cc2)CC1. The average Bonchev–Trinajstić information content (AvgIpc) is 2.65. The molecule has 1 saturated heterocycles. The molecule has 1 aromatic heterocycles. The van der Waals surface area contributed by atoms with E-state index in [9.17, 15) is 9.59 Å². The third-order valence-electron chi connectivity index (χ3n) is 4.35. The summed E-state index contributed by atoms with van der Waals surface area (Å²) in [6.45, 7) is 1.78. The maximum Gasteiger partial charge on any atom is 0.254 e. The van der Waals surface area contributed by atoms with Crippen molar-refractivity contribution in [2.24, 2.45) is 5.73 Å². The lowest BCUT2D eigenvalue weighted by Gasteiger charge is -2.31. The van der Waals surface area contributed by atoms with Gasteiger partial charge in [0.15, 0.2) is 0 Å². The lowest BCUT2D eigenvalue weighted by Crippen LogP contribution is -2.46. The maximum absolute atomic E-state index is 12.8. The third kappa shape index (κ3) is 5.79. The second-order valence-corrected chi connectivity index (χ2v) is 8.38. The fraction of sp³-hybridized carbons (Fsp3) is 0.316. The molecule has 0 radical (unpaired) electrons. The molecule has 1 aliphatic rings. The van der Waals surface area contributed by atoms with Gasteiger partial charge in [-0.15, -0.1) is 0 Å². The fourth-order valence-corrected chi connectivity index (χ4v) is 4.12. The third-order valence-corrected chi connectivity index (χ3v) is 5.90. The number of nitrogens with one attached hydrogen (secondary N) is 1. The highest BCUT2D eigenvalue weighted by molar-refractivity contribution is 9.10. The smallest absolute Gasteiger partial charge is 0.254 e. The predicted octanol–water partition coefficient (Wildman–Crippen LogP) is 2.67. The fourth-order valence-electron chi connectivity index (χ4n) is 2.98. The van der Waals surface area contributed by atoms with E-state index < -0.39 is 0 Å². The topological polar surface area (TPSA) is 88.3 Å². The Labute approximate surface area is 171 Å². The van der Waals surface area contributed by atoms with Gasteiger partial charge in [0.1, 0.15) is 5.03 Å². The second-order valence-electron chi connectivity index (χ2n) is 6.40. The van der Waals surface area contributed by atoms with Crippen LogP contribution in [-0.4, -0.2) is 47.4 Å². The molecule has 0 atom stereocenters. The van der Waals surface area contributed by atoms with Crippen LogP contribution < -0.4 is 11.1 Å². The van der Waals surface area contributed by atoms with E-state index in [4.69, 9.17) is 5.73 Å². The summed E-state index contributed by atoms with van der Waals surface area (Å²) in [5.74, 6) is -0.432. The molecule has 3 rings (SSSR count). The number of piperidine rings is 1. The number of nitrogens with zero attached hydrogens (tertiary/aromatic N) is 2. The zero-order chi connectivity index (χ0) is 19.2. The number of rotatable bonds is 6. The van der Waals surface area contributed by atoms with Gasteiger partial charge in [-0.1, -0.05) is 27.7 Å². The van der Waals surface area contributed by atoms with Crippen molar-refractivity contribution in [3.05, 3.63) is 52.6 Å². The monoisotopic (exact) mass is 448 g/mol. The number of primary amides is 1. The Morgan fingerprint density at radius 1 is 1.22 bits per heavy atom. The number of likely N-dealkylation sites (tertiary alicyclic amines) is 1. The Morgan fingerprint density at radius 2 is 1.93 bits per heavy atom. The van der Waals surface area contributed by atoms with Gasteiger partial charge in [0.2, 0.25) is 5.91 Å². The summed E-state index contributed by atoms with van der Waals surface area (Å²) in [6, 6.07) is 11.6. The van der Waals surface area contributed by atoms with E-state index in [1.807, 2.05) is 29.2 Å². The molecule has 1 fully saturated rings. The standard InChI is InChI=1S/C19H21BrN4O2S/c20-13-3-5-15(6-4-13)27-19-16(2-1-9-22-19)18(26)23-14-7-10-24(11-8-14)12-17(21)25/h1-6,9,14H,7-8,10-12H2,(H2,21,25)(H,23,26). The molecule has 0 aliphatic carbocycles. The number of pyridine rings is 1. The summed E-state index contributed by atoms with van der Waals surface area (Å²) >= 11 is 4.89. The zero-order valence-corrected chi connectivity index (χ0v) is 17.1. The van der Waals surface area contributed by atoms with Gasteiger partial charge in [0, 0.05) is 34.7 Å². The first-order chi connectivity index (χ1) is 13.0. The predicted molar refractivity (Wildman–Crippen MR) is 109 cm³/mol. The van der Waals surface area contributed by atoms with Gasteiger partial charge in [-0.25, -0.2) is 4.98 Å². The molecule has 1 aromatic carbocycles. The minimum Gasteiger partial charge on any atom is -0.369 e. The number of aromatic nitrogens is 1. The van der Waals surface area contributed by atoms with Gasteiger partial charge in [-0.2, -0.15) is 0 Å². The van der Waals surface area contributed by atoms with Gasteiger partial charge >= 0.3 is 0 Å². The number of carbonyl (C=O) groups is 2. The Morgan fingerprint density at radius 3 is 2.59 bits per heavy atom.